The zero-order chi connectivity index (χ0) is 23.1. The molecule has 0 bridgehead atoms. The van der Waals surface area contributed by atoms with Crippen molar-refractivity contribution in [2.24, 2.45) is 0 Å². The minimum Gasteiger partial charge on any atom is -0.402 e. The standard InChI is InChI=1S/C28H40O2Si/c1-9-17-27(29-26(10-2)22(3)4)23(5)30-31(28(6,7)8,24-18-13-11-14-19-24)25-20-15-12-16-21-25/h9,11-16,18-21,23,26-27H,1,3,10,17H2,2,4-8H3/t23-,26-,27+/m1/s1. The highest BCUT2D eigenvalue weighted by atomic mass is 28.4. The van der Waals surface area contributed by atoms with Crippen molar-refractivity contribution >= 4 is 18.7 Å². The number of ether oxygens (including phenoxy) is 1. The Hall–Kier alpha value is -1.94. The van der Waals surface area contributed by atoms with E-state index in [1.165, 1.54) is 10.4 Å². The molecule has 0 aliphatic rings. The van der Waals surface area contributed by atoms with Crippen LogP contribution in [-0.2, 0) is 9.16 Å². The van der Waals surface area contributed by atoms with Crippen molar-refractivity contribution in [2.45, 2.75) is 77.7 Å². The van der Waals surface area contributed by atoms with E-state index in [2.05, 4.69) is 108 Å². The Morgan fingerprint density at radius 3 is 1.84 bits per heavy atom. The van der Waals surface area contributed by atoms with Crippen molar-refractivity contribution in [2.75, 3.05) is 0 Å². The van der Waals surface area contributed by atoms with Crippen molar-refractivity contribution in [1.82, 2.24) is 0 Å². The minimum absolute atomic E-state index is 0.0233. The van der Waals surface area contributed by atoms with Crippen molar-refractivity contribution < 1.29 is 9.16 Å². The van der Waals surface area contributed by atoms with Gasteiger partial charge in [0.05, 0.1) is 18.3 Å². The predicted molar refractivity (Wildman–Crippen MR) is 137 cm³/mol. The van der Waals surface area contributed by atoms with Gasteiger partial charge in [-0.1, -0.05) is 107 Å². The van der Waals surface area contributed by atoms with Gasteiger partial charge in [0, 0.05) is 0 Å². The largest absolute Gasteiger partial charge is 0.402 e. The maximum Gasteiger partial charge on any atom is 0.261 e. The third-order valence-electron chi connectivity index (χ3n) is 5.96. The molecule has 0 aromatic heterocycles. The van der Waals surface area contributed by atoms with Gasteiger partial charge in [0.15, 0.2) is 0 Å². The van der Waals surface area contributed by atoms with Crippen LogP contribution < -0.4 is 10.4 Å². The molecule has 0 aliphatic carbocycles. The fourth-order valence-electron chi connectivity index (χ4n) is 4.34. The molecular weight excluding hydrogens is 396 g/mol. The fraction of sp³-hybridized carbons (Fsp3) is 0.429. The summed E-state index contributed by atoms with van der Waals surface area (Å²) in [6.45, 7) is 21.3. The van der Waals surface area contributed by atoms with Gasteiger partial charge in [-0.3, -0.25) is 0 Å². The van der Waals surface area contributed by atoms with Crippen molar-refractivity contribution in [3.8, 4) is 0 Å². The van der Waals surface area contributed by atoms with Gasteiger partial charge in [-0.05, 0) is 42.1 Å². The topological polar surface area (TPSA) is 18.5 Å². The lowest BCUT2D eigenvalue weighted by Gasteiger charge is -2.46. The SMILES string of the molecule is C=CC[C@H](O[C@H](CC)C(=C)C)[C@@H](C)O[Si](c1ccccc1)(c1ccccc1)C(C)(C)C. The van der Waals surface area contributed by atoms with E-state index in [0.29, 0.717) is 0 Å². The van der Waals surface area contributed by atoms with E-state index >= 15 is 0 Å². The molecule has 3 atom stereocenters. The molecule has 0 saturated heterocycles. The molecule has 3 heteroatoms. The molecule has 0 aliphatic heterocycles. The molecule has 168 valence electrons. The zero-order valence-electron chi connectivity index (χ0n) is 20.2. The summed E-state index contributed by atoms with van der Waals surface area (Å²) in [7, 11) is -2.63. The zero-order valence-corrected chi connectivity index (χ0v) is 21.2. The third-order valence-corrected chi connectivity index (χ3v) is 11.1. The summed E-state index contributed by atoms with van der Waals surface area (Å²) >= 11 is 0. The van der Waals surface area contributed by atoms with E-state index in [1.54, 1.807) is 0 Å². The van der Waals surface area contributed by atoms with Gasteiger partial charge in [-0.15, -0.1) is 6.58 Å². The van der Waals surface area contributed by atoms with Gasteiger partial charge >= 0.3 is 0 Å². The second-order valence-electron chi connectivity index (χ2n) is 9.43. The molecule has 31 heavy (non-hydrogen) atoms. The number of benzene rings is 2. The number of rotatable bonds is 11. The monoisotopic (exact) mass is 436 g/mol. The summed E-state index contributed by atoms with van der Waals surface area (Å²) in [6.07, 6.45) is 3.41. The lowest BCUT2D eigenvalue weighted by atomic mass is 10.1. The third kappa shape index (κ3) is 5.85. The molecule has 0 unspecified atom stereocenters. The molecule has 2 nitrogen and oxygen atoms in total. The molecule has 0 spiro atoms. The molecule has 0 fully saturated rings. The molecule has 2 aromatic carbocycles. The van der Waals surface area contributed by atoms with Crippen LogP contribution in [0.5, 0.6) is 0 Å². The van der Waals surface area contributed by atoms with Gasteiger partial charge in [0.2, 0.25) is 0 Å². The van der Waals surface area contributed by atoms with E-state index in [9.17, 15) is 0 Å². The number of hydrogen-bond donors (Lipinski definition) is 0. The van der Waals surface area contributed by atoms with Crippen LogP contribution in [0.4, 0.5) is 0 Å². The Bertz CT molecular complexity index is 784. The first kappa shape index (κ1) is 25.3. The quantitative estimate of drug-likeness (QED) is 0.305. The Morgan fingerprint density at radius 2 is 1.48 bits per heavy atom. The molecule has 2 aromatic rings. The van der Waals surface area contributed by atoms with Crippen LogP contribution in [0.15, 0.2) is 85.5 Å². The summed E-state index contributed by atoms with van der Waals surface area (Å²) in [5.41, 5.74) is 1.05. The second-order valence-corrected chi connectivity index (χ2v) is 13.7. The average molecular weight is 437 g/mol. The Labute approximate surface area is 191 Å². The lowest BCUT2D eigenvalue weighted by molar-refractivity contribution is -0.0511. The summed E-state index contributed by atoms with van der Waals surface area (Å²) in [4.78, 5) is 0. The Kier molecular flexibility index (Phi) is 9.05. The highest BCUT2D eigenvalue weighted by Crippen LogP contribution is 2.38. The van der Waals surface area contributed by atoms with Crippen LogP contribution in [0, 0.1) is 0 Å². The summed E-state index contributed by atoms with van der Waals surface area (Å²) in [5.74, 6) is 0. The first-order valence-corrected chi connectivity index (χ1v) is 13.3. The van der Waals surface area contributed by atoms with Gasteiger partial charge in [-0.2, -0.15) is 0 Å². The van der Waals surface area contributed by atoms with Crippen molar-refractivity contribution in [3.05, 3.63) is 85.5 Å². The van der Waals surface area contributed by atoms with Gasteiger partial charge in [0.1, 0.15) is 0 Å². The van der Waals surface area contributed by atoms with Crippen LogP contribution in [0.1, 0.15) is 54.4 Å². The van der Waals surface area contributed by atoms with Crippen LogP contribution in [0.3, 0.4) is 0 Å². The molecule has 0 radical (unpaired) electrons. The maximum atomic E-state index is 7.25. The normalized spacial score (nSPS) is 15.2. The van der Waals surface area contributed by atoms with E-state index in [4.69, 9.17) is 9.16 Å². The van der Waals surface area contributed by atoms with Crippen molar-refractivity contribution in [3.63, 3.8) is 0 Å². The van der Waals surface area contributed by atoms with Gasteiger partial charge in [0.25, 0.3) is 8.32 Å². The van der Waals surface area contributed by atoms with Crippen LogP contribution in [-0.4, -0.2) is 26.6 Å². The van der Waals surface area contributed by atoms with E-state index in [1.807, 2.05) is 13.0 Å². The minimum atomic E-state index is -2.63. The predicted octanol–water partition coefficient (Wildman–Crippen LogP) is 6.27. The summed E-state index contributed by atoms with van der Waals surface area (Å²) in [5, 5.41) is 2.50. The van der Waals surface area contributed by atoms with Crippen LogP contribution >= 0.6 is 0 Å². The summed E-state index contributed by atoms with van der Waals surface area (Å²) in [6, 6.07) is 21.5. The van der Waals surface area contributed by atoms with Gasteiger partial charge < -0.3 is 9.16 Å². The first-order valence-electron chi connectivity index (χ1n) is 11.4. The van der Waals surface area contributed by atoms with E-state index in [-0.39, 0.29) is 23.4 Å². The van der Waals surface area contributed by atoms with Crippen molar-refractivity contribution in [1.29, 1.82) is 0 Å². The fourth-order valence-corrected chi connectivity index (χ4v) is 9.06. The van der Waals surface area contributed by atoms with Gasteiger partial charge in [-0.25, -0.2) is 0 Å². The summed E-state index contributed by atoms with van der Waals surface area (Å²) < 4.78 is 13.8. The second kappa shape index (κ2) is 11.1. The molecular formula is C28H40O2Si. The molecule has 0 saturated carbocycles. The Morgan fingerprint density at radius 1 is 1.00 bits per heavy atom. The maximum absolute atomic E-state index is 7.25. The van der Waals surface area contributed by atoms with E-state index < -0.39 is 8.32 Å². The van der Waals surface area contributed by atoms with Crippen LogP contribution in [0.2, 0.25) is 5.04 Å². The van der Waals surface area contributed by atoms with E-state index in [0.717, 1.165) is 18.4 Å². The smallest absolute Gasteiger partial charge is 0.261 e. The highest BCUT2D eigenvalue weighted by Gasteiger charge is 2.51. The molecule has 0 heterocycles. The van der Waals surface area contributed by atoms with Crippen LogP contribution in [0.25, 0.3) is 0 Å². The number of hydrogen-bond acceptors (Lipinski definition) is 2. The average Bonchev–Trinajstić information content (AvgIpc) is 2.74. The Balaban J connectivity index is 2.56. The molecule has 0 N–H and O–H groups in total. The highest BCUT2D eigenvalue weighted by molar-refractivity contribution is 6.99. The first-order chi connectivity index (χ1) is 14.7. The molecule has 2 rings (SSSR count). The lowest BCUT2D eigenvalue weighted by Crippen LogP contribution is -2.68. The molecule has 0 amide bonds.